The Hall–Kier alpha value is -0.640. The van der Waals surface area contributed by atoms with E-state index >= 15 is 0 Å². The molecule has 3 nitrogen and oxygen atoms in total. The van der Waals surface area contributed by atoms with Gasteiger partial charge >= 0.3 is 0 Å². The molecule has 0 aliphatic heterocycles. The Morgan fingerprint density at radius 3 is 2.92 bits per heavy atom. The zero-order valence-electron chi connectivity index (χ0n) is 7.46. The van der Waals surface area contributed by atoms with Gasteiger partial charge in [0, 0.05) is 6.54 Å². The molecule has 0 amide bonds. The van der Waals surface area contributed by atoms with Gasteiger partial charge in [-0.2, -0.15) is 0 Å². The molecule has 2 rings (SSSR count). The molecule has 4 heteroatoms. The third-order valence-electron chi connectivity index (χ3n) is 2.39. The molecule has 0 bridgehead atoms. The second-order valence-electron chi connectivity index (χ2n) is 3.52. The standard InChI is InChI=1S/C9H11BrN2O/c1-6-8(5-13)12(9(10)11-6)4-7-2-3-7/h5,7H,2-4H2,1H3. The monoisotopic (exact) mass is 242 g/mol. The smallest absolute Gasteiger partial charge is 0.177 e. The quantitative estimate of drug-likeness (QED) is 0.762. The second kappa shape index (κ2) is 3.25. The maximum atomic E-state index is 10.8. The van der Waals surface area contributed by atoms with Crippen LogP contribution in [0.1, 0.15) is 29.0 Å². The molecule has 1 aromatic rings. The minimum atomic E-state index is 0.707. The van der Waals surface area contributed by atoms with E-state index in [1.165, 1.54) is 12.8 Å². The van der Waals surface area contributed by atoms with Crippen LogP contribution in [0, 0.1) is 12.8 Å². The number of rotatable bonds is 3. The Bertz CT molecular complexity index is 342. The molecule has 1 fully saturated rings. The lowest BCUT2D eigenvalue weighted by molar-refractivity contribution is 0.111. The number of hydrogen-bond donors (Lipinski definition) is 0. The molecule has 13 heavy (non-hydrogen) atoms. The highest BCUT2D eigenvalue weighted by atomic mass is 79.9. The first-order valence-electron chi connectivity index (χ1n) is 4.40. The molecule has 1 aromatic heterocycles. The number of imidazole rings is 1. The number of hydrogen-bond acceptors (Lipinski definition) is 2. The fraction of sp³-hybridized carbons (Fsp3) is 0.556. The average molecular weight is 243 g/mol. The Kier molecular flexibility index (Phi) is 2.24. The van der Waals surface area contributed by atoms with Crippen molar-refractivity contribution in [3.8, 4) is 0 Å². The molecule has 1 aliphatic carbocycles. The number of aryl methyl sites for hydroxylation is 1. The van der Waals surface area contributed by atoms with Gasteiger partial charge in [0.05, 0.1) is 5.69 Å². The summed E-state index contributed by atoms with van der Waals surface area (Å²) >= 11 is 3.36. The van der Waals surface area contributed by atoms with Crippen molar-refractivity contribution in [2.75, 3.05) is 0 Å². The van der Waals surface area contributed by atoms with E-state index in [4.69, 9.17) is 0 Å². The zero-order valence-corrected chi connectivity index (χ0v) is 9.04. The number of carbonyl (C=O) groups is 1. The molecule has 0 aromatic carbocycles. The van der Waals surface area contributed by atoms with Gasteiger partial charge < -0.3 is 4.57 Å². The minimum Gasteiger partial charge on any atom is -0.316 e. The van der Waals surface area contributed by atoms with Crippen molar-refractivity contribution in [3.63, 3.8) is 0 Å². The Balaban J connectivity index is 2.33. The van der Waals surface area contributed by atoms with Crippen LogP contribution in [0.3, 0.4) is 0 Å². The molecule has 70 valence electrons. The molecule has 0 spiro atoms. The van der Waals surface area contributed by atoms with Crippen LogP contribution in [0.2, 0.25) is 0 Å². The fourth-order valence-electron chi connectivity index (χ4n) is 1.43. The number of halogens is 1. The van der Waals surface area contributed by atoms with Gasteiger partial charge in [-0.15, -0.1) is 0 Å². The predicted molar refractivity (Wildman–Crippen MR) is 52.8 cm³/mol. The summed E-state index contributed by atoms with van der Waals surface area (Å²) < 4.78 is 2.74. The van der Waals surface area contributed by atoms with Gasteiger partial charge in [0.25, 0.3) is 0 Å². The highest BCUT2D eigenvalue weighted by Crippen LogP contribution is 2.32. The third kappa shape index (κ3) is 1.68. The summed E-state index contributed by atoms with van der Waals surface area (Å²) in [6.07, 6.45) is 3.44. The van der Waals surface area contributed by atoms with Crippen molar-refractivity contribution in [2.24, 2.45) is 5.92 Å². The molecule has 1 aliphatic rings. The van der Waals surface area contributed by atoms with Gasteiger partial charge in [-0.25, -0.2) is 4.98 Å². The van der Waals surface area contributed by atoms with E-state index in [1.807, 2.05) is 11.5 Å². The van der Waals surface area contributed by atoms with E-state index in [0.29, 0.717) is 5.69 Å². The molecule has 1 saturated carbocycles. The predicted octanol–water partition coefficient (Wildman–Crippen LogP) is 2.18. The van der Waals surface area contributed by atoms with Crippen molar-refractivity contribution in [1.29, 1.82) is 0 Å². The lowest BCUT2D eigenvalue weighted by Gasteiger charge is -2.03. The normalized spacial score (nSPS) is 16.2. The van der Waals surface area contributed by atoms with Crippen molar-refractivity contribution < 1.29 is 4.79 Å². The molecular formula is C9H11BrN2O. The van der Waals surface area contributed by atoms with Crippen molar-refractivity contribution >= 4 is 22.2 Å². The van der Waals surface area contributed by atoms with Crippen LogP contribution in [0.15, 0.2) is 4.73 Å². The van der Waals surface area contributed by atoms with Crippen LogP contribution >= 0.6 is 15.9 Å². The summed E-state index contributed by atoms with van der Waals surface area (Å²) in [6.45, 7) is 2.79. The summed E-state index contributed by atoms with van der Waals surface area (Å²) in [5.41, 5.74) is 1.52. The van der Waals surface area contributed by atoms with Gasteiger partial charge in [-0.3, -0.25) is 4.79 Å². The van der Waals surface area contributed by atoms with Crippen molar-refractivity contribution in [3.05, 3.63) is 16.1 Å². The number of nitrogens with zero attached hydrogens (tertiary/aromatic N) is 2. The first-order chi connectivity index (χ1) is 6.22. The van der Waals surface area contributed by atoms with Crippen LogP contribution in [-0.2, 0) is 6.54 Å². The first-order valence-corrected chi connectivity index (χ1v) is 5.19. The minimum absolute atomic E-state index is 0.707. The van der Waals surface area contributed by atoms with E-state index in [2.05, 4.69) is 20.9 Å². The zero-order chi connectivity index (χ0) is 9.42. The SMILES string of the molecule is Cc1nc(Br)n(CC2CC2)c1C=O. The van der Waals surface area contributed by atoms with Gasteiger partial charge in [-0.05, 0) is 41.6 Å². The lowest BCUT2D eigenvalue weighted by atomic mass is 10.3. The Labute approximate surface area is 85.3 Å². The maximum Gasteiger partial charge on any atom is 0.177 e. The second-order valence-corrected chi connectivity index (χ2v) is 4.23. The van der Waals surface area contributed by atoms with Crippen LogP contribution in [0.5, 0.6) is 0 Å². The van der Waals surface area contributed by atoms with Gasteiger partial charge in [0.15, 0.2) is 11.0 Å². The molecule has 0 atom stereocenters. The highest BCUT2D eigenvalue weighted by Gasteiger charge is 2.24. The summed E-state index contributed by atoms with van der Waals surface area (Å²) in [6, 6.07) is 0. The maximum absolute atomic E-state index is 10.8. The highest BCUT2D eigenvalue weighted by molar-refractivity contribution is 9.10. The summed E-state index contributed by atoms with van der Waals surface area (Å²) in [4.78, 5) is 15.0. The summed E-state index contributed by atoms with van der Waals surface area (Å²) in [5, 5.41) is 0. The van der Waals surface area contributed by atoms with Gasteiger partial charge in [0.2, 0.25) is 0 Å². The molecule has 1 heterocycles. The van der Waals surface area contributed by atoms with E-state index in [-0.39, 0.29) is 0 Å². The van der Waals surface area contributed by atoms with E-state index in [1.54, 1.807) is 0 Å². The van der Waals surface area contributed by atoms with Gasteiger partial charge in [-0.1, -0.05) is 0 Å². The Morgan fingerprint density at radius 2 is 2.38 bits per heavy atom. The molecule has 0 saturated heterocycles. The average Bonchev–Trinajstić information content (AvgIpc) is 2.82. The van der Waals surface area contributed by atoms with Gasteiger partial charge in [0.1, 0.15) is 5.69 Å². The van der Waals surface area contributed by atoms with Crippen LogP contribution in [0.25, 0.3) is 0 Å². The topological polar surface area (TPSA) is 34.9 Å². The van der Waals surface area contributed by atoms with Crippen LogP contribution in [-0.4, -0.2) is 15.8 Å². The van der Waals surface area contributed by atoms with Crippen molar-refractivity contribution in [2.45, 2.75) is 26.3 Å². The summed E-state index contributed by atoms with van der Waals surface area (Å²) in [7, 11) is 0. The Morgan fingerprint density at radius 1 is 1.69 bits per heavy atom. The number of aromatic nitrogens is 2. The van der Waals surface area contributed by atoms with E-state index in [0.717, 1.165) is 29.2 Å². The largest absolute Gasteiger partial charge is 0.316 e. The third-order valence-corrected chi connectivity index (χ3v) is 3.00. The van der Waals surface area contributed by atoms with E-state index < -0.39 is 0 Å². The van der Waals surface area contributed by atoms with Crippen molar-refractivity contribution in [1.82, 2.24) is 9.55 Å². The van der Waals surface area contributed by atoms with E-state index in [9.17, 15) is 4.79 Å². The lowest BCUT2D eigenvalue weighted by Crippen LogP contribution is -2.04. The molecule has 0 unspecified atom stereocenters. The number of aldehydes is 1. The molecule has 0 radical (unpaired) electrons. The first kappa shape index (κ1) is 8.94. The number of carbonyl (C=O) groups excluding carboxylic acids is 1. The molecule has 0 N–H and O–H groups in total. The fourth-order valence-corrected chi connectivity index (χ4v) is 2.03. The van der Waals surface area contributed by atoms with Crippen LogP contribution in [0.4, 0.5) is 0 Å². The van der Waals surface area contributed by atoms with Crippen LogP contribution < -0.4 is 0 Å². The molecular weight excluding hydrogens is 232 g/mol. The summed E-state index contributed by atoms with van der Waals surface area (Å²) in [5.74, 6) is 0.753.